The normalized spacial score (nSPS) is 17.3. The molecule has 14 nitrogen and oxygen atoms in total. The average molecular weight is 995 g/mol. The van der Waals surface area contributed by atoms with Crippen LogP contribution in [0.1, 0.15) is 74.8 Å². The van der Waals surface area contributed by atoms with E-state index in [4.69, 9.17) is 0 Å². The molecule has 3 heterocycles. The Morgan fingerprint density at radius 3 is 1.05 bits per heavy atom. The molecular weight excluding hydrogens is 933 g/mol. The standard InChI is InChI=1S/C60H62N6O8/c1-39-23-25-45-47(31-39)59(73)65(57(45)71)51(35-43-19-11-5-12-20-43)55(69)61-49(33-41-15-7-3-8-16-41)53(67)37-63-27-29-64(30-28-63)38-54(68)50(34-42-17-9-4-10-18-42)62-56(70)52(36-44-21-13-6-14-22-44)66-58(72)46-26-24-40(2)32-48(46)60(66)74/h3-26,31-32,49-54,67-68H,27-30,33-38H2,1-2H3,(H,61,69)(H,62,70). The average Bonchev–Trinajstić information content (AvgIpc) is 3.80. The number of carbonyl (C=O) groups excluding carboxylic acids is 6. The number of aliphatic hydroxyl groups excluding tert-OH is 2. The number of rotatable bonds is 20. The number of aryl methyl sites for hydroxylation is 2. The Balaban J connectivity index is 0.878. The Bertz CT molecular complexity index is 2780. The number of hydrogen-bond donors (Lipinski definition) is 4. The van der Waals surface area contributed by atoms with Crippen LogP contribution in [0.25, 0.3) is 0 Å². The van der Waals surface area contributed by atoms with Gasteiger partial charge in [0.25, 0.3) is 23.6 Å². The number of hydrogen-bond acceptors (Lipinski definition) is 10. The van der Waals surface area contributed by atoms with E-state index < -0.39 is 71.8 Å². The first-order chi connectivity index (χ1) is 35.8. The second-order valence-electron chi connectivity index (χ2n) is 19.8. The van der Waals surface area contributed by atoms with Gasteiger partial charge in [-0.25, -0.2) is 0 Å². The Morgan fingerprint density at radius 2 is 0.730 bits per heavy atom. The summed E-state index contributed by atoms with van der Waals surface area (Å²) in [7, 11) is 0. The molecule has 6 aromatic rings. The van der Waals surface area contributed by atoms with Crippen molar-refractivity contribution >= 4 is 35.4 Å². The van der Waals surface area contributed by atoms with Gasteiger partial charge >= 0.3 is 0 Å². The number of piperazine rings is 1. The molecule has 0 saturated carbocycles. The Kier molecular flexibility index (Phi) is 16.0. The summed E-state index contributed by atoms with van der Waals surface area (Å²) >= 11 is 0. The van der Waals surface area contributed by atoms with Gasteiger partial charge in [-0.1, -0.05) is 145 Å². The second kappa shape index (κ2) is 23.1. The predicted octanol–water partition coefficient (Wildman–Crippen LogP) is 5.21. The minimum absolute atomic E-state index is 0.0789. The van der Waals surface area contributed by atoms with Crippen LogP contribution in [0.5, 0.6) is 0 Å². The van der Waals surface area contributed by atoms with Gasteiger partial charge in [-0.3, -0.25) is 48.4 Å². The first kappa shape index (κ1) is 51.3. The summed E-state index contributed by atoms with van der Waals surface area (Å²) in [4.78, 5) is 91.2. The van der Waals surface area contributed by atoms with Crippen molar-refractivity contribution in [3.05, 3.63) is 213 Å². The minimum atomic E-state index is -1.19. The zero-order valence-corrected chi connectivity index (χ0v) is 41.7. The van der Waals surface area contributed by atoms with Crippen molar-refractivity contribution < 1.29 is 39.0 Å². The molecule has 6 atom stereocenters. The van der Waals surface area contributed by atoms with Gasteiger partial charge in [0.1, 0.15) is 12.1 Å². The molecule has 0 spiro atoms. The number of nitrogens with one attached hydrogen (secondary N) is 2. The predicted molar refractivity (Wildman–Crippen MR) is 280 cm³/mol. The van der Waals surface area contributed by atoms with E-state index in [-0.39, 0.29) is 61.0 Å². The van der Waals surface area contributed by atoms with Crippen molar-refractivity contribution in [2.75, 3.05) is 39.3 Å². The van der Waals surface area contributed by atoms with Gasteiger partial charge in [0, 0.05) is 52.1 Å². The van der Waals surface area contributed by atoms with Gasteiger partial charge in [-0.15, -0.1) is 0 Å². The van der Waals surface area contributed by atoms with Crippen LogP contribution >= 0.6 is 0 Å². The summed E-state index contributed by atoms with van der Waals surface area (Å²) in [5.41, 5.74) is 5.94. The zero-order chi connectivity index (χ0) is 51.9. The maximum atomic E-state index is 14.6. The first-order valence-electron chi connectivity index (χ1n) is 25.4. The fourth-order valence-electron chi connectivity index (χ4n) is 10.4. The molecule has 9 rings (SSSR count). The molecule has 14 heteroatoms. The molecule has 0 aromatic heterocycles. The summed E-state index contributed by atoms with van der Waals surface area (Å²) in [6.45, 7) is 6.18. The number of fused-ring (bicyclic) bond motifs is 2. The van der Waals surface area contributed by atoms with E-state index in [9.17, 15) is 39.0 Å². The fourth-order valence-corrected chi connectivity index (χ4v) is 10.4. The monoisotopic (exact) mass is 994 g/mol. The summed E-state index contributed by atoms with van der Waals surface area (Å²) in [5, 5.41) is 30.3. The lowest BCUT2D eigenvalue weighted by Crippen LogP contribution is -2.59. The lowest BCUT2D eigenvalue weighted by Gasteiger charge is -2.39. The van der Waals surface area contributed by atoms with Gasteiger partial charge in [0.05, 0.1) is 46.5 Å². The van der Waals surface area contributed by atoms with Crippen molar-refractivity contribution in [3.8, 4) is 0 Å². The Morgan fingerprint density at radius 1 is 0.432 bits per heavy atom. The fraction of sp³-hybridized carbons (Fsp3) is 0.300. The van der Waals surface area contributed by atoms with E-state index in [1.807, 2.05) is 135 Å². The van der Waals surface area contributed by atoms with Crippen molar-refractivity contribution in [2.24, 2.45) is 0 Å². The molecule has 3 aliphatic rings. The van der Waals surface area contributed by atoms with Gasteiger partial charge < -0.3 is 20.8 Å². The van der Waals surface area contributed by atoms with Crippen LogP contribution in [0, 0.1) is 13.8 Å². The molecule has 4 N–H and O–H groups in total. The topological polar surface area (TPSA) is 180 Å². The Labute approximate surface area is 431 Å². The van der Waals surface area contributed by atoms with Crippen molar-refractivity contribution in [1.82, 2.24) is 30.2 Å². The van der Waals surface area contributed by atoms with Crippen LogP contribution < -0.4 is 10.6 Å². The van der Waals surface area contributed by atoms with Crippen molar-refractivity contribution in [1.29, 1.82) is 0 Å². The molecule has 1 saturated heterocycles. The highest BCUT2D eigenvalue weighted by atomic mass is 16.3. The Hall–Kier alpha value is -7.62. The third kappa shape index (κ3) is 11.7. The molecular formula is C60H62N6O8. The highest BCUT2D eigenvalue weighted by Gasteiger charge is 2.45. The largest absolute Gasteiger partial charge is 0.390 e. The quantitative estimate of drug-likeness (QED) is 0.0743. The van der Waals surface area contributed by atoms with Gasteiger partial charge in [-0.05, 0) is 73.2 Å². The maximum absolute atomic E-state index is 14.6. The van der Waals surface area contributed by atoms with E-state index in [0.717, 1.165) is 43.2 Å². The lowest BCUT2D eigenvalue weighted by molar-refractivity contribution is -0.127. The number of carbonyl (C=O) groups is 6. The third-order valence-corrected chi connectivity index (χ3v) is 14.5. The van der Waals surface area contributed by atoms with E-state index >= 15 is 0 Å². The lowest BCUT2D eigenvalue weighted by atomic mass is 9.98. The SMILES string of the molecule is Cc1ccc2c(c1)C(=O)N(C(Cc1ccccc1)C(=O)NC(Cc1ccccc1)C(O)CN1CCN(CC(O)C(Cc3ccccc3)NC(=O)C(Cc3ccccc3)N3C(=O)c4ccc(C)cc4C3=O)CC1)C2=O. The number of aliphatic hydroxyl groups is 2. The van der Waals surface area contributed by atoms with Crippen LogP contribution in [0.15, 0.2) is 158 Å². The third-order valence-electron chi connectivity index (χ3n) is 14.5. The summed E-state index contributed by atoms with van der Waals surface area (Å²) in [6.07, 6.45) is -1.39. The van der Waals surface area contributed by atoms with E-state index in [1.54, 1.807) is 36.4 Å². The van der Waals surface area contributed by atoms with Crippen LogP contribution in [0.4, 0.5) is 0 Å². The number of imide groups is 2. The van der Waals surface area contributed by atoms with Gasteiger partial charge in [0.15, 0.2) is 0 Å². The highest BCUT2D eigenvalue weighted by Crippen LogP contribution is 2.29. The van der Waals surface area contributed by atoms with Gasteiger partial charge in [-0.2, -0.15) is 0 Å². The van der Waals surface area contributed by atoms with Crippen LogP contribution in [-0.2, 0) is 35.3 Å². The first-order valence-corrected chi connectivity index (χ1v) is 25.4. The molecule has 0 aliphatic carbocycles. The van der Waals surface area contributed by atoms with Crippen molar-refractivity contribution in [3.63, 3.8) is 0 Å². The van der Waals surface area contributed by atoms with E-state index in [1.165, 1.54) is 0 Å². The number of amides is 6. The molecule has 0 bridgehead atoms. The zero-order valence-electron chi connectivity index (χ0n) is 41.7. The molecule has 74 heavy (non-hydrogen) atoms. The van der Waals surface area contributed by atoms with Crippen molar-refractivity contribution in [2.45, 2.75) is 75.9 Å². The smallest absolute Gasteiger partial charge is 0.262 e. The summed E-state index contributed by atoms with van der Waals surface area (Å²) in [5.74, 6) is -3.26. The molecule has 6 unspecified atom stereocenters. The second-order valence-corrected chi connectivity index (χ2v) is 19.8. The van der Waals surface area contributed by atoms with E-state index in [2.05, 4.69) is 20.4 Å². The van der Waals surface area contributed by atoms with Crippen LogP contribution in [0.2, 0.25) is 0 Å². The molecule has 0 radical (unpaired) electrons. The highest BCUT2D eigenvalue weighted by molar-refractivity contribution is 6.24. The van der Waals surface area contributed by atoms with Crippen LogP contribution in [0.3, 0.4) is 0 Å². The maximum Gasteiger partial charge on any atom is 0.262 e. The molecule has 380 valence electrons. The summed E-state index contributed by atoms with van der Waals surface area (Å²) in [6, 6.07) is 43.7. The number of nitrogens with zero attached hydrogens (tertiary/aromatic N) is 4. The molecule has 1 fully saturated rings. The number of β-amino-alcohol motifs (C(OH)–C–C–N with tert-alkyl or cyclic N) is 2. The van der Waals surface area contributed by atoms with Gasteiger partial charge in [0.2, 0.25) is 11.8 Å². The van der Waals surface area contributed by atoms with E-state index in [0.29, 0.717) is 26.2 Å². The van der Waals surface area contributed by atoms with Crippen LogP contribution in [-0.4, -0.2) is 141 Å². The molecule has 6 aromatic carbocycles. The summed E-state index contributed by atoms with van der Waals surface area (Å²) < 4.78 is 0. The molecule has 6 amide bonds. The number of benzene rings is 6. The minimum Gasteiger partial charge on any atom is -0.390 e. The molecule has 3 aliphatic heterocycles.